The van der Waals surface area contributed by atoms with Crippen molar-refractivity contribution in [3.05, 3.63) is 0 Å². The third kappa shape index (κ3) is 19.3. The first-order valence-corrected chi connectivity index (χ1v) is 8.52. The number of ether oxygens (including phenoxy) is 5. The number of methoxy groups -OCH3 is 1. The Morgan fingerprint density at radius 1 is 0.750 bits per heavy atom. The van der Waals surface area contributed by atoms with E-state index < -0.39 is 0 Å². The first kappa shape index (κ1) is 23.2. The van der Waals surface area contributed by atoms with Gasteiger partial charge in [0.25, 0.3) is 0 Å². The molecule has 8 heteroatoms. The number of hydrogen-bond acceptors (Lipinski definition) is 7. The zero-order valence-electron chi connectivity index (χ0n) is 15.1. The lowest BCUT2D eigenvalue weighted by Gasteiger charge is -2.08. The van der Waals surface area contributed by atoms with E-state index in [2.05, 4.69) is 10.6 Å². The molecular formula is C16H34N2O6. The molecule has 0 bridgehead atoms. The molecule has 0 aliphatic rings. The van der Waals surface area contributed by atoms with Crippen LogP contribution in [0.5, 0.6) is 0 Å². The van der Waals surface area contributed by atoms with E-state index in [4.69, 9.17) is 23.7 Å². The van der Waals surface area contributed by atoms with Crippen LogP contribution in [0.3, 0.4) is 0 Å². The minimum Gasteiger partial charge on any atom is -0.382 e. The molecule has 0 aromatic carbocycles. The van der Waals surface area contributed by atoms with E-state index >= 15 is 0 Å². The number of carbonyl (C=O) groups excluding carboxylic acids is 1. The van der Waals surface area contributed by atoms with E-state index in [1.54, 1.807) is 7.11 Å². The molecule has 0 atom stereocenters. The highest BCUT2D eigenvalue weighted by Crippen LogP contribution is 1.86. The Morgan fingerprint density at radius 3 is 1.75 bits per heavy atom. The van der Waals surface area contributed by atoms with Crippen molar-refractivity contribution < 1.29 is 28.5 Å². The summed E-state index contributed by atoms with van der Waals surface area (Å²) < 4.78 is 26.2. The smallest absolute Gasteiger partial charge is 0.222 e. The van der Waals surface area contributed by atoms with E-state index in [0.717, 1.165) is 13.0 Å². The number of nitrogens with one attached hydrogen (secondary N) is 2. The molecule has 8 nitrogen and oxygen atoms in total. The van der Waals surface area contributed by atoms with Crippen molar-refractivity contribution in [2.75, 3.05) is 86.7 Å². The maximum Gasteiger partial charge on any atom is 0.222 e. The van der Waals surface area contributed by atoms with Gasteiger partial charge in [0, 0.05) is 20.1 Å². The van der Waals surface area contributed by atoms with Gasteiger partial charge < -0.3 is 34.3 Å². The van der Waals surface area contributed by atoms with E-state index in [1.807, 2.05) is 7.05 Å². The fourth-order valence-corrected chi connectivity index (χ4v) is 1.65. The van der Waals surface area contributed by atoms with Crippen LogP contribution in [-0.2, 0) is 28.5 Å². The highest BCUT2D eigenvalue weighted by atomic mass is 16.6. The summed E-state index contributed by atoms with van der Waals surface area (Å²) in [4.78, 5) is 11.4. The Bertz CT molecular complexity index is 269. The molecule has 0 aliphatic carbocycles. The van der Waals surface area contributed by atoms with Crippen LogP contribution in [0.15, 0.2) is 0 Å². The number of amides is 1. The minimum absolute atomic E-state index is 0.0214. The summed E-state index contributed by atoms with van der Waals surface area (Å²) in [5.74, 6) is 0.0214. The van der Waals surface area contributed by atoms with Gasteiger partial charge in [-0.15, -0.1) is 0 Å². The van der Waals surface area contributed by atoms with Gasteiger partial charge in [0.2, 0.25) is 5.91 Å². The molecule has 0 aliphatic heterocycles. The van der Waals surface area contributed by atoms with Crippen molar-refractivity contribution in [3.8, 4) is 0 Å². The molecule has 0 spiro atoms. The third-order valence-electron chi connectivity index (χ3n) is 2.95. The fourth-order valence-electron chi connectivity index (χ4n) is 1.65. The van der Waals surface area contributed by atoms with Crippen molar-refractivity contribution in [2.45, 2.75) is 12.8 Å². The average molecular weight is 350 g/mol. The summed E-state index contributed by atoms with van der Waals surface area (Å²) in [6.07, 6.45) is 1.31. The maximum absolute atomic E-state index is 11.4. The van der Waals surface area contributed by atoms with Crippen LogP contribution in [0.25, 0.3) is 0 Å². The predicted molar refractivity (Wildman–Crippen MR) is 91.3 cm³/mol. The summed E-state index contributed by atoms with van der Waals surface area (Å²) >= 11 is 0. The summed E-state index contributed by atoms with van der Waals surface area (Å²) in [5.41, 5.74) is 0. The van der Waals surface area contributed by atoms with Crippen LogP contribution in [-0.4, -0.2) is 92.6 Å². The van der Waals surface area contributed by atoms with Crippen LogP contribution < -0.4 is 10.6 Å². The largest absolute Gasteiger partial charge is 0.382 e. The Hall–Kier alpha value is -0.770. The van der Waals surface area contributed by atoms with Gasteiger partial charge in [-0.3, -0.25) is 4.79 Å². The second kappa shape index (κ2) is 20.3. The Morgan fingerprint density at radius 2 is 1.25 bits per heavy atom. The molecule has 0 heterocycles. The van der Waals surface area contributed by atoms with Crippen LogP contribution in [0.1, 0.15) is 12.8 Å². The molecular weight excluding hydrogens is 316 g/mol. The van der Waals surface area contributed by atoms with Crippen LogP contribution in [0, 0.1) is 0 Å². The Labute approximate surface area is 145 Å². The predicted octanol–water partition coefficient (Wildman–Crippen LogP) is -0.185. The van der Waals surface area contributed by atoms with Gasteiger partial charge in [-0.05, 0) is 20.0 Å². The van der Waals surface area contributed by atoms with Crippen LogP contribution in [0.2, 0.25) is 0 Å². The molecule has 24 heavy (non-hydrogen) atoms. The third-order valence-corrected chi connectivity index (χ3v) is 2.95. The lowest BCUT2D eigenvalue weighted by atomic mass is 10.4. The summed E-state index contributed by atoms with van der Waals surface area (Å²) in [6.45, 7) is 6.33. The van der Waals surface area contributed by atoms with Gasteiger partial charge in [0.05, 0.1) is 59.5 Å². The fraction of sp³-hybridized carbons (Fsp3) is 0.938. The zero-order valence-corrected chi connectivity index (χ0v) is 15.1. The first-order chi connectivity index (χ1) is 11.8. The SMILES string of the molecule is CNCCCNC(=O)CCOCCOCCOCCOCCOC. The molecule has 0 aromatic heterocycles. The van der Waals surface area contributed by atoms with E-state index in [0.29, 0.717) is 72.4 Å². The molecule has 2 N–H and O–H groups in total. The first-order valence-electron chi connectivity index (χ1n) is 8.52. The van der Waals surface area contributed by atoms with E-state index in [-0.39, 0.29) is 5.91 Å². The van der Waals surface area contributed by atoms with E-state index in [9.17, 15) is 4.79 Å². The molecule has 0 aromatic rings. The van der Waals surface area contributed by atoms with Crippen molar-refractivity contribution in [2.24, 2.45) is 0 Å². The van der Waals surface area contributed by atoms with Crippen LogP contribution in [0.4, 0.5) is 0 Å². The summed E-state index contributed by atoms with van der Waals surface area (Å²) in [7, 11) is 3.53. The molecule has 0 fully saturated rings. The highest BCUT2D eigenvalue weighted by Gasteiger charge is 2.00. The standard InChI is InChI=1S/C16H34N2O6/c1-17-5-3-6-18-16(19)4-7-21-10-11-23-14-15-24-13-12-22-9-8-20-2/h17H,3-15H2,1-2H3,(H,18,19). The molecule has 0 rings (SSSR count). The van der Waals surface area contributed by atoms with Gasteiger partial charge in [-0.25, -0.2) is 0 Å². The number of rotatable bonds is 19. The number of hydrogen-bond donors (Lipinski definition) is 2. The van der Waals surface area contributed by atoms with Crippen molar-refractivity contribution in [1.29, 1.82) is 0 Å². The van der Waals surface area contributed by atoms with Gasteiger partial charge >= 0.3 is 0 Å². The van der Waals surface area contributed by atoms with Gasteiger partial charge in [0.15, 0.2) is 0 Å². The van der Waals surface area contributed by atoms with Crippen molar-refractivity contribution >= 4 is 5.91 Å². The Kier molecular flexibility index (Phi) is 19.6. The topological polar surface area (TPSA) is 87.3 Å². The maximum atomic E-state index is 11.4. The Balaban J connectivity index is 3.08. The van der Waals surface area contributed by atoms with Crippen molar-refractivity contribution in [3.63, 3.8) is 0 Å². The normalized spacial score (nSPS) is 10.9. The van der Waals surface area contributed by atoms with Crippen LogP contribution >= 0.6 is 0 Å². The molecule has 0 saturated carbocycles. The molecule has 144 valence electrons. The van der Waals surface area contributed by atoms with Crippen molar-refractivity contribution in [1.82, 2.24) is 10.6 Å². The zero-order chi connectivity index (χ0) is 17.7. The lowest BCUT2D eigenvalue weighted by molar-refractivity contribution is -0.122. The molecule has 0 radical (unpaired) electrons. The summed E-state index contributed by atoms with van der Waals surface area (Å²) in [6, 6.07) is 0. The number of carbonyl (C=O) groups is 1. The second-order valence-electron chi connectivity index (χ2n) is 5.00. The van der Waals surface area contributed by atoms with E-state index in [1.165, 1.54) is 0 Å². The molecule has 0 unspecified atom stereocenters. The highest BCUT2D eigenvalue weighted by molar-refractivity contribution is 5.75. The van der Waals surface area contributed by atoms with Gasteiger partial charge in [0.1, 0.15) is 0 Å². The molecule has 0 saturated heterocycles. The second-order valence-corrected chi connectivity index (χ2v) is 5.00. The monoisotopic (exact) mass is 350 g/mol. The quantitative estimate of drug-likeness (QED) is 0.312. The average Bonchev–Trinajstić information content (AvgIpc) is 2.59. The lowest BCUT2D eigenvalue weighted by Crippen LogP contribution is -2.27. The van der Waals surface area contributed by atoms with Gasteiger partial charge in [-0.2, -0.15) is 0 Å². The summed E-state index contributed by atoms with van der Waals surface area (Å²) in [5, 5.41) is 5.87. The van der Waals surface area contributed by atoms with Gasteiger partial charge in [-0.1, -0.05) is 0 Å². The molecule has 1 amide bonds. The minimum atomic E-state index is 0.0214.